The van der Waals surface area contributed by atoms with Crippen LogP contribution >= 0.6 is 0 Å². The molecule has 0 aromatic heterocycles. The van der Waals surface area contributed by atoms with Crippen LogP contribution in [0, 0.1) is 0 Å². The first-order valence-electron chi connectivity index (χ1n) is 24.9. The standard InChI is InChI=1S/3C18H32O2.Fe/c3*1-2-3-4-5-6-7-8-9-10-11-12-13-14-15-16-17-18(19)20;/h3*6-7,9-10H,2-5,8,11-17H2,1H3,(H,19,20);/q;;;+3/b3*7-6-,10-9-;. The van der Waals surface area contributed by atoms with Crippen molar-refractivity contribution in [3.05, 3.63) is 72.9 Å². The molecule has 0 saturated heterocycles. The van der Waals surface area contributed by atoms with Gasteiger partial charge in [-0.25, -0.2) is 0 Å². The van der Waals surface area contributed by atoms with E-state index in [-0.39, 0.29) is 17.1 Å². The maximum Gasteiger partial charge on any atom is 3.00 e. The molecule has 0 atom stereocenters. The number of hydrogen-bond donors (Lipinski definition) is 3. The van der Waals surface area contributed by atoms with Crippen LogP contribution in [0.4, 0.5) is 0 Å². The maximum atomic E-state index is 10.3. The summed E-state index contributed by atoms with van der Waals surface area (Å²) in [7, 11) is 0. The Bertz CT molecular complexity index is 940. The number of carboxylic acid groups (broad SMARTS) is 3. The molecule has 353 valence electrons. The average Bonchev–Trinajstić information content (AvgIpc) is 3.22. The van der Waals surface area contributed by atoms with Gasteiger partial charge in [0.15, 0.2) is 0 Å². The van der Waals surface area contributed by atoms with Gasteiger partial charge in [0.2, 0.25) is 0 Å². The summed E-state index contributed by atoms with van der Waals surface area (Å²) in [5.74, 6) is -2.01. The van der Waals surface area contributed by atoms with Crippen LogP contribution in [0.1, 0.15) is 252 Å². The van der Waals surface area contributed by atoms with E-state index < -0.39 is 17.9 Å². The first-order valence-corrected chi connectivity index (χ1v) is 24.9. The fraction of sp³-hybridized carbons (Fsp3) is 0.722. The van der Waals surface area contributed by atoms with Gasteiger partial charge in [0.05, 0.1) is 0 Å². The Labute approximate surface area is 387 Å². The second-order valence-electron chi connectivity index (χ2n) is 16.1. The molecular formula is C54H96FeO6+3. The molecule has 0 bridgehead atoms. The third-order valence-corrected chi connectivity index (χ3v) is 10.0. The van der Waals surface area contributed by atoms with Gasteiger partial charge in [0.1, 0.15) is 0 Å². The monoisotopic (exact) mass is 897 g/mol. The molecule has 0 aromatic carbocycles. The van der Waals surface area contributed by atoms with Crippen LogP contribution in [-0.2, 0) is 31.5 Å². The van der Waals surface area contributed by atoms with Crippen LogP contribution in [0.5, 0.6) is 0 Å². The van der Waals surface area contributed by atoms with Crippen molar-refractivity contribution in [3.63, 3.8) is 0 Å². The maximum absolute atomic E-state index is 10.3. The smallest absolute Gasteiger partial charge is 0.481 e. The first-order chi connectivity index (χ1) is 29.3. The van der Waals surface area contributed by atoms with Crippen LogP contribution in [-0.4, -0.2) is 33.2 Å². The largest absolute Gasteiger partial charge is 3.00 e. The molecule has 0 heterocycles. The summed E-state index contributed by atoms with van der Waals surface area (Å²) in [5, 5.41) is 25.5. The summed E-state index contributed by atoms with van der Waals surface area (Å²) in [4.78, 5) is 31.0. The molecule has 0 fully saturated rings. The normalized spacial score (nSPS) is 11.5. The Morgan fingerprint density at radius 3 is 0.656 bits per heavy atom. The Hall–Kier alpha value is -2.63. The van der Waals surface area contributed by atoms with E-state index in [9.17, 15) is 14.4 Å². The minimum absolute atomic E-state index is 0. The molecule has 7 heteroatoms. The number of allylic oxidation sites excluding steroid dienone is 12. The number of hydrogen-bond acceptors (Lipinski definition) is 3. The molecule has 0 aliphatic carbocycles. The van der Waals surface area contributed by atoms with E-state index in [4.69, 9.17) is 15.3 Å². The molecule has 6 nitrogen and oxygen atoms in total. The van der Waals surface area contributed by atoms with E-state index in [2.05, 4.69) is 93.7 Å². The van der Waals surface area contributed by atoms with Crippen molar-refractivity contribution < 1.29 is 46.8 Å². The number of carbonyl (C=O) groups is 3. The third-order valence-electron chi connectivity index (χ3n) is 10.0. The fourth-order valence-electron chi connectivity index (χ4n) is 6.26. The second kappa shape index (κ2) is 61.7. The summed E-state index contributed by atoms with van der Waals surface area (Å²) in [6.07, 6.45) is 66.8. The van der Waals surface area contributed by atoms with E-state index >= 15 is 0 Å². The number of rotatable bonds is 42. The summed E-state index contributed by atoms with van der Waals surface area (Å²) in [6.45, 7) is 6.70. The molecular weight excluding hydrogens is 800 g/mol. The number of aliphatic carboxylic acids is 3. The van der Waals surface area contributed by atoms with Gasteiger partial charge in [-0.05, 0) is 116 Å². The van der Waals surface area contributed by atoms with E-state index in [0.717, 1.165) is 77.0 Å². The van der Waals surface area contributed by atoms with Gasteiger partial charge < -0.3 is 15.3 Å². The Kier molecular flexibility index (Phi) is 65.7. The van der Waals surface area contributed by atoms with Crippen molar-refractivity contribution >= 4 is 17.9 Å². The summed E-state index contributed by atoms with van der Waals surface area (Å²) in [5.41, 5.74) is 0. The van der Waals surface area contributed by atoms with Gasteiger partial charge in [0.25, 0.3) is 0 Å². The van der Waals surface area contributed by atoms with Gasteiger partial charge >= 0.3 is 35.0 Å². The van der Waals surface area contributed by atoms with Crippen molar-refractivity contribution in [2.45, 2.75) is 252 Å². The quantitative estimate of drug-likeness (QED) is 0.0320. The van der Waals surface area contributed by atoms with Crippen LogP contribution in [0.3, 0.4) is 0 Å². The van der Waals surface area contributed by atoms with Crippen LogP contribution in [0.2, 0.25) is 0 Å². The summed E-state index contributed by atoms with van der Waals surface area (Å²) in [6, 6.07) is 0. The van der Waals surface area contributed by atoms with Crippen molar-refractivity contribution in [3.8, 4) is 0 Å². The molecule has 61 heavy (non-hydrogen) atoms. The van der Waals surface area contributed by atoms with Gasteiger partial charge in [-0.1, -0.05) is 190 Å². The molecule has 0 saturated carbocycles. The van der Waals surface area contributed by atoms with Crippen molar-refractivity contribution in [2.75, 3.05) is 0 Å². The van der Waals surface area contributed by atoms with Gasteiger partial charge in [-0.3, -0.25) is 14.4 Å². The van der Waals surface area contributed by atoms with Crippen LogP contribution < -0.4 is 0 Å². The van der Waals surface area contributed by atoms with Crippen molar-refractivity contribution in [1.82, 2.24) is 0 Å². The minimum Gasteiger partial charge on any atom is -0.481 e. The van der Waals surface area contributed by atoms with E-state index in [1.54, 1.807) is 0 Å². The Morgan fingerprint density at radius 2 is 0.459 bits per heavy atom. The topological polar surface area (TPSA) is 112 Å². The molecule has 0 aromatic rings. The molecule has 0 aliphatic rings. The van der Waals surface area contributed by atoms with Crippen LogP contribution in [0.15, 0.2) is 72.9 Å². The molecule has 0 unspecified atom stereocenters. The average molecular weight is 897 g/mol. The minimum atomic E-state index is -0.671. The van der Waals surface area contributed by atoms with Crippen molar-refractivity contribution in [1.29, 1.82) is 0 Å². The van der Waals surface area contributed by atoms with Crippen LogP contribution in [0.25, 0.3) is 0 Å². The Morgan fingerprint density at radius 1 is 0.279 bits per heavy atom. The van der Waals surface area contributed by atoms with E-state index in [1.807, 2.05) is 0 Å². The van der Waals surface area contributed by atoms with E-state index in [0.29, 0.717) is 19.3 Å². The number of carboxylic acids is 3. The van der Waals surface area contributed by atoms with E-state index in [1.165, 1.54) is 135 Å². The zero-order valence-corrected chi connectivity index (χ0v) is 40.9. The molecule has 0 rings (SSSR count). The van der Waals surface area contributed by atoms with Gasteiger partial charge in [0, 0.05) is 19.3 Å². The second-order valence-corrected chi connectivity index (χ2v) is 16.1. The van der Waals surface area contributed by atoms with Gasteiger partial charge in [-0.2, -0.15) is 0 Å². The Balaban J connectivity index is -0.000000396. The van der Waals surface area contributed by atoms with Gasteiger partial charge in [-0.15, -0.1) is 0 Å². The molecule has 1 radical (unpaired) electrons. The number of unbranched alkanes of at least 4 members (excludes halogenated alkanes) is 24. The molecule has 0 aliphatic heterocycles. The third kappa shape index (κ3) is 75.2. The predicted molar refractivity (Wildman–Crippen MR) is 261 cm³/mol. The first kappa shape index (κ1) is 65.0. The summed E-state index contributed by atoms with van der Waals surface area (Å²) >= 11 is 0. The SMILES string of the molecule is CCCCC/C=C\C/C=C\CCCCCCCC(=O)O.CCCCC/C=C\C/C=C\CCCCCCCC(=O)O.CCCCC/C=C\C/C=C\CCCCCCCC(=O)O.[Fe+3]. The molecule has 0 spiro atoms. The fourth-order valence-corrected chi connectivity index (χ4v) is 6.26. The predicted octanol–water partition coefficient (Wildman–Crippen LogP) is 17.7. The zero-order chi connectivity index (χ0) is 44.7. The molecule has 3 N–H and O–H groups in total. The summed E-state index contributed by atoms with van der Waals surface area (Å²) < 4.78 is 0. The zero-order valence-electron chi connectivity index (χ0n) is 39.8. The van der Waals surface area contributed by atoms with Crippen molar-refractivity contribution in [2.24, 2.45) is 0 Å². The molecule has 0 amide bonds.